The standard InChI is InChI=1S/C14H24N2O/c1-5-7-12(6-2)15-10-13-9-14(17-4)8-11(3)16-13/h8-9,12,15H,5-7,10H2,1-4H3. The number of pyridine rings is 1. The van der Waals surface area contributed by atoms with Gasteiger partial charge in [-0.25, -0.2) is 0 Å². The van der Waals surface area contributed by atoms with Gasteiger partial charge in [-0.2, -0.15) is 0 Å². The van der Waals surface area contributed by atoms with E-state index in [-0.39, 0.29) is 0 Å². The summed E-state index contributed by atoms with van der Waals surface area (Å²) in [5.74, 6) is 0.887. The Morgan fingerprint density at radius 1 is 1.35 bits per heavy atom. The van der Waals surface area contributed by atoms with Gasteiger partial charge in [0.1, 0.15) is 5.75 Å². The Hall–Kier alpha value is -1.09. The van der Waals surface area contributed by atoms with Crippen molar-refractivity contribution in [1.29, 1.82) is 0 Å². The van der Waals surface area contributed by atoms with Crippen molar-refractivity contribution in [3.63, 3.8) is 0 Å². The van der Waals surface area contributed by atoms with Gasteiger partial charge in [-0.1, -0.05) is 20.3 Å². The summed E-state index contributed by atoms with van der Waals surface area (Å²) in [4.78, 5) is 4.51. The lowest BCUT2D eigenvalue weighted by molar-refractivity contribution is 0.411. The van der Waals surface area contributed by atoms with E-state index in [1.165, 1.54) is 12.8 Å². The number of aryl methyl sites for hydroxylation is 1. The van der Waals surface area contributed by atoms with E-state index in [4.69, 9.17) is 4.74 Å². The van der Waals surface area contributed by atoms with Crippen LogP contribution in [0.3, 0.4) is 0 Å². The van der Waals surface area contributed by atoms with Gasteiger partial charge in [-0.15, -0.1) is 0 Å². The topological polar surface area (TPSA) is 34.1 Å². The predicted octanol–water partition coefficient (Wildman–Crippen LogP) is 3.07. The van der Waals surface area contributed by atoms with Crippen molar-refractivity contribution in [2.45, 2.75) is 52.6 Å². The number of hydrogen-bond acceptors (Lipinski definition) is 3. The molecular weight excluding hydrogens is 212 g/mol. The van der Waals surface area contributed by atoms with Gasteiger partial charge in [0.25, 0.3) is 0 Å². The Kier molecular flexibility index (Phi) is 5.98. The fraction of sp³-hybridized carbons (Fsp3) is 0.643. The van der Waals surface area contributed by atoms with Gasteiger partial charge >= 0.3 is 0 Å². The van der Waals surface area contributed by atoms with Gasteiger partial charge in [0.2, 0.25) is 0 Å². The summed E-state index contributed by atoms with van der Waals surface area (Å²) in [6, 6.07) is 4.54. The fourth-order valence-corrected chi connectivity index (χ4v) is 1.96. The van der Waals surface area contributed by atoms with Gasteiger partial charge in [0.15, 0.2) is 0 Å². The van der Waals surface area contributed by atoms with Gasteiger partial charge in [-0.05, 0) is 19.8 Å². The molecule has 3 heteroatoms. The summed E-state index contributed by atoms with van der Waals surface area (Å²) in [5, 5.41) is 3.55. The SMILES string of the molecule is CCCC(CC)NCc1cc(OC)cc(C)n1. The lowest BCUT2D eigenvalue weighted by Crippen LogP contribution is -2.28. The molecule has 0 aliphatic heterocycles. The highest BCUT2D eigenvalue weighted by Crippen LogP contribution is 2.13. The average molecular weight is 236 g/mol. The maximum atomic E-state index is 5.25. The van der Waals surface area contributed by atoms with Gasteiger partial charge < -0.3 is 10.1 Å². The minimum atomic E-state index is 0.591. The number of nitrogens with one attached hydrogen (secondary N) is 1. The van der Waals surface area contributed by atoms with E-state index >= 15 is 0 Å². The van der Waals surface area contributed by atoms with Crippen molar-refractivity contribution in [1.82, 2.24) is 10.3 Å². The van der Waals surface area contributed by atoms with E-state index in [2.05, 4.69) is 24.1 Å². The quantitative estimate of drug-likeness (QED) is 0.790. The predicted molar refractivity (Wildman–Crippen MR) is 71.4 cm³/mol. The van der Waals surface area contributed by atoms with Crippen molar-refractivity contribution in [2.24, 2.45) is 0 Å². The number of ether oxygens (including phenoxy) is 1. The van der Waals surface area contributed by atoms with Crippen molar-refractivity contribution in [2.75, 3.05) is 7.11 Å². The van der Waals surface area contributed by atoms with Crippen LogP contribution in [-0.4, -0.2) is 18.1 Å². The zero-order valence-corrected chi connectivity index (χ0v) is 11.4. The van der Waals surface area contributed by atoms with Crippen LogP contribution in [0.2, 0.25) is 0 Å². The number of methoxy groups -OCH3 is 1. The molecule has 1 aromatic rings. The molecule has 0 saturated carbocycles. The number of nitrogens with zero attached hydrogens (tertiary/aromatic N) is 1. The molecule has 0 saturated heterocycles. The Balaban J connectivity index is 2.58. The van der Waals surface area contributed by atoms with Crippen LogP contribution in [0.15, 0.2) is 12.1 Å². The Morgan fingerprint density at radius 2 is 2.12 bits per heavy atom. The Morgan fingerprint density at radius 3 is 2.71 bits per heavy atom. The zero-order chi connectivity index (χ0) is 12.7. The molecule has 1 atom stereocenters. The largest absolute Gasteiger partial charge is 0.497 e. The average Bonchev–Trinajstić information content (AvgIpc) is 2.33. The second-order valence-corrected chi connectivity index (χ2v) is 4.41. The molecule has 0 aliphatic rings. The first kappa shape index (κ1) is 14.0. The monoisotopic (exact) mass is 236 g/mol. The Labute approximate surface area is 105 Å². The molecule has 0 amide bonds. The van der Waals surface area contributed by atoms with E-state index in [9.17, 15) is 0 Å². The van der Waals surface area contributed by atoms with Crippen LogP contribution in [-0.2, 0) is 6.54 Å². The number of hydrogen-bond donors (Lipinski definition) is 1. The number of aromatic nitrogens is 1. The minimum absolute atomic E-state index is 0.591. The summed E-state index contributed by atoms with van der Waals surface area (Å²) in [6.45, 7) is 7.25. The van der Waals surface area contributed by atoms with E-state index < -0.39 is 0 Å². The van der Waals surface area contributed by atoms with Gasteiger partial charge in [0, 0.05) is 30.4 Å². The Bertz CT molecular complexity index is 339. The summed E-state index contributed by atoms with van der Waals surface area (Å²) in [7, 11) is 1.69. The first-order valence-electron chi connectivity index (χ1n) is 6.44. The molecule has 1 rings (SSSR count). The van der Waals surface area contributed by atoms with Crippen LogP contribution in [0.1, 0.15) is 44.5 Å². The maximum Gasteiger partial charge on any atom is 0.122 e. The highest BCUT2D eigenvalue weighted by molar-refractivity contribution is 5.26. The first-order chi connectivity index (χ1) is 8.19. The normalized spacial score (nSPS) is 12.5. The van der Waals surface area contributed by atoms with E-state index in [1.807, 2.05) is 19.1 Å². The van der Waals surface area contributed by atoms with Gasteiger partial charge in [-0.3, -0.25) is 4.98 Å². The lowest BCUT2D eigenvalue weighted by atomic mass is 10.1. The van der Waals surface area contributed by atoms with Crippen LogP contribution in [0, 0.1) is 6.92 Å². The molecule has 3 nitrogen and oxygen atoms in total. The van der Waals surface area contributed by atoms with Crippen molar-refractivity contribution >= 4 is 0 Å². The van der Waals surface area contributed by atoms with Crippen molar-refractivity contribution in [3.05, 3.63) is 23.5 Å². The van der Waals surface area contributed by atoms with Crippen LogP contribution < -0.4 is 10.1 Å². The van der Waals surface area contributed by atoms with Crippen LogP contribution in [0.5, 0.6) is 5.75 Å². The van der Waals surface area contributed by atoms with Crippen molar-refractivity contribution < 1.29 is 4.74 Å². The third-order valence-electron chi connectivity index (χ3n) is 2.92. The molecule has 1 aromatic heterocycles. The molecule has 96 valence electrons. The molecule has 1 N–H and O–H groups in total. The summed E-state index contributed by atoms with van der Waals surface area (Å²) in [6.07, 6.45) is 3.60. The molecule has 0 spiro atoms. The molecule has 0 fully saturated rings. The van der Waals surface area contributed by atoms with E-state index in [1.54, 1.807) is 7.11 Å². The summed E-state index contributed by atoms with van der Waals surface area (Å²) < 4.78 is 5.25. The summed E-state index contributed by atoms with van der Waals surface area (Å²) in [5.41, 5.74) is 2.06. The fourth-order valence-electron chi connectivity index (χ4n) is 1.96. The minimum Gasteiger partial charge on any atom is -0.497 e. The third-order valence-corrected chi connectivity index (χ3v) is 2.92. The van der Waals surface area contributed by atoms with Crippen molar-refractivity contribution in [3.8, 4) is 5.75 Å². The smallest absolute Gasteiger partial charge is 0.122 e. The molecule has 17 heavy (non-hydrogen) atoms. The molecule has 1 heterocycles. The zero-order valence-electron chi connectivity index (χ0n) is 11.4. The number of rotatable bonds is 7. The molecule has 0 aromatic carbocycles. The molecule has 0 radical (unpaired) electrons. The van der Waals surface area contributed by atoms with Gasteiger partial charge in [0.05, 0.1) is 12.8 Å². The first-order valence-corrected chi connectivity index (χ1v) is 6.44. The van der Waals surface area contributed by atoms with Crippen LogP contribution >= 0.6 is 0 Å². The molecule has 1 unspecified atom stereocenters. The maximum absolute atomic E-state index is 5.25. The second-order valence-electron chi connectivity index (χ2n) is 4.41. The molecule has 0 bridgehead atoms. The lowest BCUT2D eigenvalue weighted by Gasteiger charge is -2.16. The van der Waals surface area contributed by atoms with E-state index in [0.29, 0.717) is 6.04 Å². The third kappa shape index (κ3) is 4.73. The molecule has 0 aliphatic carbocycles. The van der Waals surface area contributed by atoms with Crippen LogP contribution in [0.25, 0.3) is 0 Å². The van der Waals surface area contributed by atoms with Crippen LogP contribution in [0.4, 0.5) is 0 Å². The highest BCUT2D eigenvalue weighted by Gasteiger charge is 2.06. The summed E-state index contributed by atoms with van der Waals surface area (Å²) >= 11 is 0. The molecular formula is C14H24N2O. The van der Waals surface area contributed by atoms with E-state index in [0.717, 1.165) is 30.1 Å². The highest BCUT2D eigenvalue weighted by atomic mass is 16.5. The second kappa shape index (κ2) is 7.28.